The molecule has 0 spiro atoms. The minimum atomic E-state index is -0.692. The normalized spacial score (nSPS) is 10.9. The number of anilines is 1. The van der Waals surface area contributed by atoms with Gasteiger partial charge in [-0.15, -0.1) is 11.3 Å². The zero-order chi connectivity index (χ0) is 21.3. The predicted octanol–water partition coefficient (Wildman–Crippen LogP) is 5.64. The number of nitrogens with one attached hydrogen (secondary N) is 1. The summed E-state index contributed by atoms with van der Waals surface area (Å²) in [5, 5.41) is 3.78. The van der Waals surface area contributed by atoms with Gasteiger partial charge in [-0.2, -0.15) is 0 Å². The van der Waals surface area contributed by atoms with Gasteiger partial charge in [-0.3, -0.25) is 10.1 Å². The molecule has 2 heterocycles. The van der Waals surface area contributed by atoms with Gasteiger partial charge in [0.1, 0.15) is 16.9 Å². The Hall–Kier alpha value is -2.97. The van der Waals surface area contributed by atoms with E-state index in [2.05, 4.69) is 26.2 Å². The van der Waals surface area contributed by atoms with Crippen LogP contribution in [0.4, 0.5) is 5.13 Å². The van der Waals surface area contributed by atoms with Crippen LogP contribution >= 0.6 is 27.3 Å². The van der Waals surface area contributed by atoms with E-state index < -0.39 is 11.5 Å². The number of carbonyl (C=O) groups excluding carboxylic acids is 1. The molecule has 4 aromatic rings. The highest BCUT2D eigenvalue weighted by atomic mass is 79.9. The second kappa shape index (κ2) is 8.41. The first-order valence-corrected chi connectivity index (χ1v) is 10.8. The Morgan fingerprint density at radius 1 is 1.20 bits per heavy atom. The largest absolute Gasteiger partial charge is 0.494 e. The van der Waals surface area contributed by atoms with Crippen LogP contribution < -0.4 is 15.7 Å². The Labute approximate surface area is 184 Å². The maximum Gasteiger partial charge on any atom is 0.349 e. The lowest BCUT2D eigenvalue weighted by Gasteiger charge is -2.04. The van der Waals surface area contributed by atoms with Crippen LogP contribution in [0.2, 0.25) is 0 Å². The highest BCUT2D eigenvalue weighted by Crippen LogP contribution is 2.31. The van der Waals surface area contributed by atoms with Gasteiger partial charge in [-0.1, -0.05) is 15.9 Å². The molecule has 0 atom stereocenters. The number of carbonyl (C=O) groups is 1. The van der Waals surface area contributed by atoms with Crippen LogP contribution in [-0.2, 0) is 0 Å². The molecule has 0 saturated heterocycles. The highest BCUT2D eigenvalue weighted by Gasteiger charge is 2.17. The van der Waals surface area contributed by atoms with E-state index in [4.69, 9.17) is 9.15 Å². The first-order valence-electron chi connectivity index (χ1n) is 9.20. The van der Waals surface area contributed by atoms with Gasteiger partial charge in [0.25, 0.3) is 5.91 Å². The second-order valence-corrected chi connectivity index (χ2v) is 8.58. The number of hydrogen-bond donors (Lipinski definition) is 1. The van der Waals surface area contributed by atoms with Crippen molar-refractivity contribution in [1.29, 1.82) is 0 Å². The van der Waals surface area contributed by atoms with Gasteiger partial charge in [-0.05, 0) is 62.4 Å². The number of rotatable bonds is 5. The molecule has 4 rings (SSSR count). The molecule has 0 aliphatic heterocycles. The molecule has 0 aliphatic rings. The monoisotopic (exact) mass is 484 g/mol. The number of nitrogens with zero attached hydrogens (tertiary/aromatic N) is 1. The fraction of sp³-hybridized carbons (Fsp3) is 0.136. The Morgan fingerprint density at radius 3 is 2.70 bits per heavy atom. The lowest BCUT2D eigenvalue weighted by Crippen LogP contribution is -2.20. The first-order chi connectivity index (χ1) is 14.4. The standard InChI is InChI=1S/C22H17BrN2O4S/c1-3-28-16-7-4-13(5-8-16)19-12(2)30-22(24-19)25-20(26)17-11-14-10-15(23)6-9-18(14)29-21(17)27/h4-11H,3H2,1-2H3,(H,24,25,26). The van der Waals surface area contributed by atoms with Crippen LogP contribution in [0.1, 0.15) is 22.2 Å². The zero-order valence-electron chi connectivity index (χ0n) is 16.2. The SMILES string of the molecule is CCOc1ccc(-c2nc(NC(=O)c3cc4cc(Br)ccc4oc3=O)sc2C)cc1. The number of amides is 1. The molecule has 0 unspecified atom stereocenters. The predicted molar refractivity (Wildman–Crippen MR) is 122 cm³/mol. The van der Waals surface area contributed by atoms with Crippen LogP contribution in [0.5, 0.6) is 5.75 Å². The van der Waals surface area contributed by atoms with Crippen molar-refractivity contribution in [2.45, 2.75) is 13.8 Å². The van der Waals surface area contributed by atoms with Crippen molar-refractivity contribution < 1.29 is 13.9 Å². The molecule has 0 bridgehead atoms. The number of benzene rings is 2. The minimum Gasteiger partial charge on any atom is -0.494 e. The van der Waals surface area contributed by atoms with Crippen LogP contribution in [0.25, 0.3) is 22.2 Å². The third-order valence-corrected chi connectivity index (χ3v) is 5.77. The van der Waals surface area contributed by atoms with Gasteiger partial charge in [0, 0.05) is 20.3 Å². The third-order valence-electron chi connectivity index (χ3n) is 4.39. The molecular weight excluding hydrogens is 468 g/mol. The van der Waals surface area contributed by atoms with E-state index in [1.54, 1.807) is 18.2 Å². The minimum absolute atomic E-state index is 0.0731. The van der Waals surface area contributed by atoms with E-state index in [9.17, 15) is 9.59 Å². The van der Waals surface area contributed by atoms with E-state index >= 15 is 0 Å². The number of aromatic nitrogens is 1. The molecule has 0 radical (unpaired) electrons. The topological polar surface area (TPSA) is 81.4 Å². The summed E-state index contributed by atoms with van der Waals surface area (Å²) in [6, 6.07) is 14.4. The average molecular weight is 485 g/mol. The summed E-state index contributed by atoms with van der Waals surface area (Å²) in [4.78, 5) is 30.4. The Bertz CT molecular complexity index is 1290. The molecule has 0 saturated carbocycles. The number of thiazole rings is 1. The van der Waals surface area contributed by atoms with Crippen LogP contribution in [-0.4, -0.2) is 17.5 Å². The molecule has 8 heteroatoms. The van der Waals surface area contributed by atoms with Crippen molar-refractivity contribution in [3.05, 3.63) is 73.9 Å². The summed E-state index contributed by atoms with van der Waals surface area (Å²) in [6.07, 6.45) is 0. The molecule has 6 nitrogen and oxygen atoms in total. The molecule has 2 aromatic heterocycles. The molecule has 0 fully saturated rings. The van der Waals surface area contributed by atoms with E-state index in [0.29, 0.717) is 22.7 Å². The summed E-state index contributed by atoms with van der Waals surface area (Å²) in [5.74, 6) is 0.231. The van der Waals surface area contributed by atoms with E-state index in [-0.39, 0.29) is 5.56 Å². The molecule has 30 heavy (non-hydrogen) atoms. The fourth-order valence-electron chi connectivity index (χ4n) is 3.01. The average Bonchev–Trinajstić information content (AvgIpc) is 3.08. The smallest absolute Gasteiger partial charge is 0.349 e. The van der Waals surface area contributed by atoms with Crippen LogP contribution in [0.3, 0.4) is 0 Å². The Morgan fingerprint density at radius 2 is 1.97 bits per heavy atom. The molecule has 0 aliphatic carbocycles. The lowest BCUT2D eigenvalue weighted by atomic mass is 10.1. The van der Waals surface area contributed by atoms with Crippen LogP contribution in [0.15, 0.2) is 62.2 Å². The summed E-state index contributed by atoms with van der Waals surface area (Å²) < 4.78 is 11.6. The van der Waals surface area contributed by atoms with Crippen molar-refractivity contribution in [2.24, 2.45) is 0 Å². The summed E-state index contributed by atoms with van der Waals surface area (Å²) in [7, 11) is 0. The van der Waals surface area contributed by atoms with Crippen molar-refractivity contribution in [2.75, 3.05) is 11.9 Å². The first kappa shape index (κ1) is 20.3. The fourth-order valence-corrected chi connectivity index (χ4v) is 4.22. The summed E-state index contributed by atoms with van der Waals surface area (Å²) >= 11 is 4.72. The van der Waals surface area contributed by atoms with E-state index in [1.807, 2.05) is 38.1 Å². The van der Waals surface area contributed by atoms with Crippen LogP contribution in [0, 0.1) is 6.92 Å². The van der Waals surface area contributed by atoms with E-state index in [1.165, 1.54) is 17.4 Å². The molecular formula is C22H17BrN2O4S. The van der Waals surface area contributed by atoms with E-state index in [0.717, 1.165) is 26.4 Å². The molecule has 152 valence electrons. The van der Waals surface area contributed by atoms with Crippen molar-refractivity contribution >= 4 is 49.3 Å². The van der Waals surface area contributed by atoms with Gasteiger partial charge in [0.2, 0.25) is 0 Å². The summed E-state index contributed by atoms with van der Waals surface area (Å²) in [5.41, 5.74) is 1.34. The van der Waals surface area contributed by atoms with Crippen molar-refractivity contribution in [3.63, 3.8) is 0 Å². The number of hydrogen-bond acceptors (Lipinski definition) is 6. The lowest BCUT2D eigenvalue weighted by molar-refractivity contribution is 0.102. The van der Waals surface area contributed by atoms with Gasteiger partial charge < -0.3 is 9.15 Å². The quantitative estimate of drug-likeness (QED) is 0.370. The van der Waals surface area contributed by atoms with Gasteiger partial charge in [0.15, 0.2) is 5.13 Å². The number of ether oxygens (including phenoxy) is 1. The maximum atomic E-state index is 12.7. The number of aryl methyl sites for hydroxylation is 1. The number of fused-ring (bicyclic) bond motifs is 1. The molecule has 2 aromatic carbocycles. The zero-order valence-corrected chi connectivity index (χ0v) is 18.6. The van der Waals surface area contributed by atoms with Gasteiger partial charge >= 0.3 is 5.63 Å². The summed E-state index contributed by atoms with van der Waals surface area (Å²) in [6.45, 7) is 4.47. The maximum absolute atomic E-state index is 12.7. The third kappa shape index (κ3) is 4.15. The Balaban J connectivity index is 1.60. The van der Waals surface area contributed by atoms with Crippen molar-refractivity contribution in [3.8, 4) is 17.0 Å². The Kier molecular flexibility index (Phi) is 5.69. The van der Waals surface area contributed by atoms with Crippen molar-refractivity contribution in [1.82, 2.24) is 4.98 Å². The molecule has 1 amide bonds. The molecule has 1 N–H and O–H groups in total. The highest BCUT2D eigenvalue weighted by molar-refractivity contribution is 9.10. The number of halogens is 1. The van der Waals surface area contributed by atoms with Gasteiger partial charge in [-0.25, -0.2) is 9.78 Å². The van der Waals surface area contributed by atoms with Gasteiger partial charge in [0.05, 0.1) is 12.3 Å². The second-order valence-electron chi connectivity index (χ2n) is 6.47.